The molecule has 0 aliphatic heterocycles. The van der Waals surface area contributed by atoms with Gasteiger partial charge in [-0.3, -0.25) is 14.4 Å². The van der Waals surface area contributed by atoms with Crippen LogP contribution in [0.1, 0.15) is 26.3 Å². The van der Waals surface area contributed by atoms with Crippen LogP contribution in [0.25, 0.3) is 6.08 Å². The van der Waals surface area contributed by atoms with Crippen molar-refractivity contribution in [3.63, 3.8) is 0 Å². The number of amides is 3. The number of carbonyl (C=O) groups is 3. The molecule has 0 aliphatic rings. The van der Waals surface area contributed by atoms with E-state index in [1.807, 2.05) is 51.1 Å². The van der Waals surface area contributed by atoms with E-state index in [0.29, 0.717) is 0 Å². The van der Waals surface area contributed by atoms with E-state index in [1.54, 1.807) is 6.08 Å². The average molecular weight is 317 g/mol. The highest BCUT2D eigenvalue weighted by Gasteiger charge is 2.14. The second-order valence-corrected chi connectivity index (χ2v) is 6.04. The van der Waals surface area contributed by atoms with Crippen molar-refractivity contribution in [1.82, 2.24) is 16.0 Å². The van der Waals surface area contributed by atoms with Gasteiger partial charge in [-0.15, -0.1) is 0 Å². The molecule has 124 valence electrons. The van der Waals surface area contributed by atoms with Crippen LogP contribution in [0.4, 0.5) is 0 Å². The van der Waals surface area contributed by atoms with E-state index in [9.17, 15) is 14.4 Å². The largest absolute Gasteiger partial charge is 0.350 e. The summed E-state index contributed by atoms with van der Waals surface area (Å²) in [7, 11) is 0. The summed E-state index contributed by atoms with van der Waals surface area (Å²) in [5.74, 6) is -1.07. The van der Waals surface area contributed by atoms with E-state index < -0.39 is 5.91 Å². The molecule has 0 aromatic heterocycles. The summed E-state index contributed by atoms with van der Waals surface area (Å²) in [6.07, 6.45) is 3.01. The second kappa shape index (κ2) is 8.73. The molecule has 6 nitrogen and oxygen atoms in total. The van der Waals surface area contributed by atoms with Crippen LogP contribution in [-0.2, 0) is 14.4 Å². The van der Waals surface area contributed by atoms with Crippen molar-refractivity contribution in [3.05, 3.63) is 42.0 Å². The highest BCUT2D eigenvalue weighted by molar-refractivity contribution is 5.94. The van der Waals surface area contributed by atoms with Crippen LogP contribution in [0.2, 0.25) is 0 Å². The van der Waals surface area contributed by atoms with Gasteiger partial charge in [0.15, 0.2) is 0 Å². The molecule has 0 spiro atoms. The fourth-order valence-corrected chi connectivity index (χ4v) is 1.67. The first-order chi connectivity index (χ1) is 10.8. The Hall–Kier alpha value is -2.63. The Labute approximate surface area is 136 Å². The molecular formula is C17H23N3O3. The minimum atomic E-state index is -0.421. The molecule has 3 N–H and O–H groups in total. The molecule has 1 aromatic carbocycles. The molecule has 1 rings (SSSR count). The molecule has 0 aliphatic carbocycles. The van der Waals surface area contributed by atoms with Gasteiger partial charge in [-0.05, 0) is 32.4 Å². The van der Waals surface area contributed by atoms with Crippen LogP contribution in [0.3, 0.4) is 0 Å². The first-order valence-electron chi connectivity index (χ1n) is 7.35. The van der Waals surface area contributed by atoms with Gasteiger partial charge in [-0.25, -0.2) is 0 Å². The Morgan fingerprint density at radius 1 is 0.957 bits per heavy atom. The fraction of sp³-hybridized carbons (Fsp3) is 0.353. The molecule has 0 fully saturated rings. The Bertz CT molecular complexity index is 574. The number of hydrogen-bond acceptors (Lipinski definition) is 3. The van der Waals surface area contributed by atoms with Gasteiger partial charge in [0, 0.05) is 11.6 Å². The van der Waals surface area contributed by atoms with Gasteiger partial charge in [0.2, 0.25) is 17.7 Å². The number of rotatable bonds is 6. The minimum absolute atomic E-state index is 0.119. The van der Waals surface area contributed by atoms with Gasteiger partial charge >= 0.3 is 0 Å². The van der Waals surface area contributed by atoms with Gasteiger partial charge < -0.3 is 16.0 Å². The molecule has 0 saturated heterocycles. The van der Waals surface area contributed by atoms with E-state index in [1.165, 1.54) is 6.08 Å². The number of benzene rings is 1. The fourth-order valence-electron chi connectivity index (χ4n) is 1.67. The highest BCUT2D eigenvalue weighted by atomic mass is 16.2. The third kappa shape index (κ3) is 9.08. The number of carbonyl (C=O) groups excluding carboxylic acids is 3. The molecule has 0 radical (unpaired) electrons. The van der Waals surface area contributed by atoms with Crippen molar-refractivity contribution in [2.45, 2.75) is 26.3 Å². The van der Waals surface area contributed by atoms with Crippen LogP contribution in [-0.4, -0.2) is 36.3 Å². The van der Waals surface area contributed by atoms with Crippen molar-refractivity contribution in [1.29, 1.82) is 0 Å². The Balaban J connectivity index is 2.26. The normalized spacial score (nSPS) is 11.1. The van der Waals surface area contributed by atoms with Crippen molar-refractivity contribution in [2.75, 3.05) is 13.1 Å². The SMILES string of the molecule is CC(C)(C)NC(=O)CNC(=O)CNC(=O)/C=C/c1ccccc1. The second-order valence-electron chi connectivity index (χ2n) is 6.04. The Kier molecular flexibility index (Phi) is 6.99. The topological polar surface area (TPSA) is 87.3 Å². The third-order valence-corrected chi connectivity index (χ3v) is 2.61. The van der Waals surface area contributed by atoms with Crippen LogP contribution < -0.4 is 16.0 Å². The zero-order valence-corrected chi connectivity index (χ0v) is 13.7. The van der Waals surface area contributed by atoms with Gasteiger partial charge in [-0.1, -0.05) is 30.3 Å². The monoisotopic (exact) mass is 317 g/mol. The summed E-state index contributed by atoms with van der Waals surface area (Å²) in [5, 5.41) is 7.63. The van der Waals surface area contributed by atoms with Crippen LogP contribution in [0.15, 0.2) is 36.4 Å². The molecule has 0 saturated carbocycles. The van der Waals surface area contributed by atoms with E-state index in [4.69, 9.17) is 0 Å². The van der Waals surface area contributed by atoms with E-state index in [2.05, 4.69) is 16.0 Å². The predicted octanol–water partition coefficient (Wildman–Crippen LogP) is 0.847. The number of nitrogens with one attached hydrogen (secondary N) is 3. The van der Waals surface area contributed by atoms with Gasteiger partial charge in [0.1, 0.15) is 0 Å². The summed E-state index contributed by atoms with van der Waals surface area (Å²) in [6, 6.07) is 9.35. The van der Waals surface area contributed by atoms with Gasteiger partial charge in [-0.2, -0.15) is 0 Å². The maximum absolute atomic E-state index is 11.6. The van der Waals surface area contributed by atoms with E-state index in [-0.39, 0.29) is 30.4 Å². The summed E-state index contributed by atoms with van der Waals surface area (Å²) in [4.78, 5) is 34.7. The average Bonchev–Trinajstić information content (AvgIpc) is 2.48. The van der Waals surface area contributed by atoms with Crippen molar-refractivity contribution in [3.8, 4) is 0 Å². The van der Waals surface area contributed by atoms with Crippen LogP contribution in [0.5, 0.6) is 0 Å². The summed E-state index contributed by atoms with van der Waals surface area (Å²) < 4.78 is 0. The maximum atomic E-state index is 11.6. The lowest BCUT2D eigenvalue weighted by Crippen LogP contribution is -2.47. The molecular weight excluding hydrogens is 294 g/mol. The van der Waals surface area contributed by atoms with Crippen molar-refractivity contribution < 1.29 is 14.4 Å². The predicted molar refractivity (Wildman–Crippen MR) is 89.4 cm³/mol. The zero-order chi connectivity index (χ0) is 17.3. The van der Waals surface area contributed by atoms with Crippen LogP contribution >= 0.6 is 0 Å². The quantitative estimate of drug-likeness (QED) is 0.680. The number of hydrogen-bond donors (Lipinski definition) is 3. The van der Waals surface area contributed by atoms with E-state index >= 15 is 0 Å². The Morgan fingerprint density at radius 3 is 2.17 bits per heavy atom. The first kappa shape index (κ1) is 18.4. The third-order valence-electron chi connectivity index (χ3n) is 2.61. The van der Waals surface area contributed by atoms with Crippen molar-refractivity contribution >= 4 is 23.8 Å². The summed E-state index contributed by atoms with van der Waals surface area (Å²) in [6.45, 7) is 5.26. The lowest BCUT2D eigenvalue weighted by atomic mass is 10.1. The van der Waals surface area contributed by atoms with Gasteiger partial charge in [0.25, 0.3) is 0 Å². The molecule has 6 heteroatoms. The molecule has 1 aromatic rings. The highest BCUT2D eigenvalue weighted by Crippen LogP contribution is 2.00. The molecule has 3 amide bonds. The lowest BCUT2D eigenvalue weighted by molar-refractivity contribution is -0.127. The van der Waals surface area contributed by atoms with Crippen LogP contribution in [0, 0.1) is 0 Å². The molecule has 0 atom stereocenters. The zero-order valence-electron chi connectivity index (χ0n) is 13.7. The molecule has 23 heavy (non-hydrogen) atoms. The molecule has 0 heterocycles. The maximum Gasteiger partial charge on any atom is 0.244 e. The minimum Gasteiger partial charge on any atom is -0.350 e. The molecule has 0 unspecified atom stereocenters. The lowest BCUT2D eigenvalue weighted by Gasteiger charge is -2.20. The standard InChI is InChI=1S/C17H23N3O3/c1-17(2,3)20-16(23)12-19-15(22)11-18-14(21)10-9-13-7-5-4-6-8-13/h4-10H,11-12H2,1-3H3,(H,18,21)(H,19,22)(H,20,23)/b10-9+. The molecule has 0 bridgehead atoms. The summed E-state index contributed by atoms with van der Waals surface area (Å²) >= 11 is 0. The smallest absolute Gasteiger partial charge is 0.244 e. The Morgan fingerprint density at radius 2 is 1.57 bits per heavy atom. The van der Waals surface area contributed by atoms with E-state index in [0.717, 1.165) is 5.56 Å². The van der Waals surface area contributed by atoms with Gasteiger partial charge in [0.05, 0.1) is 13.1 Å². The first-order valence-corrected chi connectivity index (χ1v) is 7.35. The summed E-state index contributed by atoms with van der Waals surface area (Å²) in [5.41, 5.74) is 0.545. The van der Waals surface area contributed by atoms with Crippen molar-refractivity contribution in [2.24, 2.45) is 0 Å².